The molecule has 3 aliphatic carbocycles. The summed E-state index contributed by atoms with van der Waals surface area (Å²) in [6.45, 7) is 0. The number of carboxylic acids is 2. The number of ether oxygens (including phenoxy) is 2. The largest absolute Gasteiger partial charge is 0.478 e. The van der Waals surface area contributed by atoms with Crippen molar-refractivity contribution in [1.29, 1.82) is 0 Å². The molecule has 0 saturated heterocycles. The van der Waals surface area contributed by atoms with Crippen molar-refractivity contribution in [3.63, 3.8) is 0 Å². The Morgan fingerprint density at radius 2 is 1.00 bits per heavy atom. The molecule has 3 fully saturated rings. The van der Waals surface area contributed by atoms with Crippen LogP contribution in [0.2, 0.25) is 0 Å². The topological polar surface area (TPSA) is 127 Å². The lowest BCUT2D eigenvalue weighted by Crippen LogP contribution is -2.52. The lowest BCUT2D eigenvalue weighted by atomic mass is 9.68. The number of aliphatic carboxylic acids is 2. The zero-order valence-corrected chi connectivity index (χ0v) is 17.3. The summed E-state index contributed by atoms with van der Waals surface area (Å²) < 4.78 is 10.8. The van der Waals surface area contributed by atoms with E-state index in [1.165, 1.54) is 0 Å². The van der Waals surface area contributed by atoms with Crippen molar-refractivity contribution in [3.8, 4) is 0 Å². The maximum atomic E-state index is 12.9. The molecule has 0 aliphatic heterocycles. The molecule has 3 aliphatic rings. The first-order chi connectivity index (χ1) is 14.3. The maximum absolute atomic E-state index is 12.9. The van der Waals surface area contributed by atoms with Crippen LogP contribution in [-0.2, 0) is 28.7 Å². The Labute approximate surface area is 176 Å². The Hall–Kier alpha value is -2.12. The van der Waals surface area contributed by atoms with E-state index in [2.05, 4.69) is 0 Å². The van der Waals surface area contributed by atoms with Gasteiger partial charge < -0.3 is 19.7 Å². The van der Waals surface area contributed by atoms with Crippen LogP contribution in [0, 0.1) is 17.3 Å². The summed E-state index contributed by atoms with van der Waals surface area (Å²) in [6, 6.07) is 0. The van der Waals surface area contributed by atoms with E-state index in [0.29, 0.717) is 32.1 Å². The smallest absolute Gasteiger partial charge is 0.345 e. The summed E-state index contributed by atoms with van der Waals surface area (Å²) in [6.07, 6.45) is 6.74. The van der Waals surface area contributed by atoms with Gasteiger partial charge in [-0.05, 0) is 44.9 Å². The highest BCUT2D eigenvalue weighted by atomic mass is 16.6. The van der Waals surface area contributed by atoms with E-state index >= 15 is 0 Å². The summed E-state index contributed by atoms with van der Waals surface area (Å²) in [5.41, 5.74) is -1.58. The van der Waals surface area contributed by atoms with Crippen LogP contribution in [0.25, 0.3) is 0 Å². The Morgan fingerprint density at radius 1 is 0.633 bits per heavy atom. The summed E-state index contributed by atoms with van der Waals surface area (Å²) in [4.78, 5) is 49.4. The van der Waals surface area contributed by atoms with Crippen molar-refractivity contribution in [3.05, 3.63) is 0 Å². The van der Waals surface area contributed by atoms with E-state index in [4.69, 9.17) is 9.47 Å². The first-order valence-corrected chi connectivity index (χ1v) is 11.2. The molecule has 0 aromatic heterocycles. The molecule has 3 rings (SSSR count). The van der Waals surface area contributed by atoms with Crippen LogP contribution in [0.5, 0.6) is 0 Å². The standard InChI is InChI=1S/C22H32O8/c23-18(24)16(14-8-3-1-4-9-14)29-20(27)22(12-7-13-22)21(28)30-17(19(25)26)15-10-5-2-6-11-15/h14-17H,1-13H2,(H,23,24)(H,25,26). The van der Waals surface area contributed by atoms with Crippen LogP contribution in [0.3, 0.4) is 0 Å². The van der Waals surface area contributed by atoms with Gasteiger partial charge in [0.05, 0.1) is 0 Å². The van der Waals surface area contributed by atoms with Crippen molar-refractivity contribution in [1.82, 2.24) is 0 Å². The predicted octanol–water partition coefficient (Wildman–Crippen LogP) is 3.31. The Balaban J connectivity index is 1.69. The number of hydrogen-bond donors (Lipinski definition) is 2. The van der Waals surface area contributed by atoms with E-state index in [1.807, 2.05) is 0 Å². The molecular weight excluding hydrogens is 392 g/mol. The third kappa shape index (κ3) is 4.78. The average molecular weight is 424 g/mol. The van der Waals surface area contributed by atoms with Crippen LogP contribution >= 0.6 is 0 Å². The molecular formula is C22H32O8. The van der Waals surface area contributed by atoms with Crippen molar-refractivity contribution in [2.75, 3.05) is 0 Å². The number of rotatable bonds is 8. The van der Waals surface area contributed by atoms with Gasteiger partial charge in [-0.2, -0.15) is 0 Å². The highest BCUT2D eigenvalue weighted by Gasteiger charge is 2.56. The van der Waals surface area contributed by atoms with Crippen LogP contribution in [0.15, 0.2) is 0 Å². The third-order valence-electron chi connectivity index (χ3n) is 7.10. The normalized spacial score (nSPS) is 24.1. The zero-order chi connectivity index (χ0) is 21.7. The minimum absolute atomic E-state index is 0.193. The fourth-order valence-electron chi connectivity index (χ4n) is 5.05. The molecule has 0 spiro atoms. The van der Waals surface area contributed by atoms with Crippen LogP contribution in [0.1, 0.15) is 83.5 Å². The maximum Gasteiger partial charge on any atom is 0.345 e. The molecule has 2 N–H and O–H groups in total. The second-order valence-corrected chi connectivity index (χ2v) is 9.06. The molecule has 0 amide bonds. The van der Waals surface area contributed by atoms with Crippen LogP contribution in [-0.4, -0.2) is 46.3 Å². The summed E-state index contributed by atoms with van der Waals surface area (Å²) in [7, 11) is 0. The van der Waals surface area contributed by atoms with E-state index in [0.717, 1.165) is 38.5 Å². The Kier molecular flexibility index (Phi) is 7.36. The number of carbonyl (C=O) groups is 4. The molecule has 8 heteroatoms. The van der Waals surface area contributed by atoms with Gasteiger partial charge in [-0.15, -0.1) is 0 Å². The third-order valence-corrected chi connectivity index (χ3v) is 7.10. The van der Waals surface area contributed by atoms with Gasteiger partial charge in [0.25, 0.3) is 0 Å². The van der Waals surface area contributed by atoms with Gasteiger partial charge in [0.1, 0.15) is 0 Å². The van der Waals surface area contributed by atoms with Crippen molar-refractivity contribution < 1.29 is 38.9 Å². The lowest BCUT2D eigenvalue weighted by molar-refractivity contribution is -0.196. The first-order valence-electron chi connectivity index (χ1n) is 11.2. The highest BCUT2D eigenvalue weighted by molar-refractivity contribution is 6.02. The molecule has 0 aromatic carbocycles. The molecule has 0 radical (unpaired) electrons. The van der Waals surface area contributed by atoms with E-state index < -0.39 is 41.5 Å². The minimum atomic E-state index is -1.58. The summed E-state index contributed by atoms with van der Waals surface area (Å²) in [5.74, 6) is -4.70. The van der Waals surface area contributed by atoms with Gasteiger partial charge in [-0.3, -0.25) is 9.59 Å². The molecule has 2 atom stereocenters. The first kappa shape index (κ1) is 22.6. The second kappa shape index (κ2) is 9.79. The second-order valence-electron chi connectivity index (χ2n) is 9.06. The van der Waals surface area contributed by atoms with Gasteiger partial charge in [-0.25, -0.2) is 9.59 Å². The Morgan fingerprint density at radius 3 is 1.27 bits per heavy atom. The minimum Gasteiger partial charge on any atom is -0.478 e. The number of esters is 2. The molecule has 8 nitrogen and oxygen atoms in total. The summed E-state index contributed by atoms with van der Waals surface area (Å²) >= 11 is 0. The number of hydrogen-bond acceptors (Lipinski definition) is 6. The van der Waals surface area contributed by atoms with Gasteiger partial charge in [0, 0.05) is 11.8 Å². The number of carboxylic acid groups (broad SMARTS) is 2. The van der Waals surface area contributed by atoms with E-state index in [1.54, 1.807) is 0 Å². The molecule has 30 heavy (non-hydrogen) atoms. The van der Waals surface area contributed by atoms with Gasteiger partial charge in [0.15, 0.2) is 5.41 Å². The van der Waals surface area contributed by atoms with Gasteiger partial charge in [0.2, 0.25) is 12.2 Å². The van der Waals surface area contributed by atoms with Crippen molar-refractivity contribution in [2.24, 2.45) is 17.3 Å². The molecule has 0 bridgehead atoms. The molecule has 3 saturated carbocycles. The Bertz CT molecular complexity index is 604. The highest BCUT2D eigenvalue weighted by Crippen LogP contribution is 2.45. The average Bonchev–Trinajstić information content (AvgIpc) is 2.70. The molecule has 0 heterocycles. The monoisotopic (exact) mass is 424 g/mol. The molecule has 2 unspecified atom stereocenters. The predicted molar refractivity (Wildman–Crippen MR) is 104 cm³/mol. The fraction of sp³-hybridized carbons (Fsp3) is 0.818. The SMILES string of the molecule is O=C(O)C(OC(=O)C1(C(=O)OC(C(=O)O)C2CCCCC2)CCC1)C1CCCCC1. The van der Waals surface area contributed by atoms with Crippen molar-refractivity contribution >= 4 is 23.9 Å². The summed E-state index contributed by atoms with van der Waals surface area (Å²) in [5, 5.41) is 19.2. The van der Waals surface area contributed by atoms with Gasteiger partial charge >= 0.3 is 23.9 Å². The lowest BCUT2D eigenvalue weighted by Gasteiger charge is -2.39. The van der Waals surface area contributed by atoms with Gasteiger partial charge in [-0.1, -0.05) is 38.5 Å². The number of carbonyl (C=O) groups excluding carboxylic acids is 2. The quantitative estimate of drug-likeness (QED) is 0.449. The van der Waals surface area contributed by atoms with E-state index in [9.17, 15) is 29.4 Å². The fourth-order valence-corrected chi connectivity index (χ4v) is 5.05. The van der Waals surface area contributed by atoms with Crippen LogP contribution in [0.4, 0.5) is 0 Å². The van der Waals surface area contributed by atoms with Crippen molar-refractivity contribution in [2.45, 2.75) is 95.7 Å². The zero-order valence-electron chi connectivity index (χ0n) is 17.3. The molecule has 168 valence electrons. The van der Waals surface area contributed by atoms with Crippen LogP contribution < -0.4 is 0 Å². The van der Waals surface area contributed by atoms with E-state index in [-0.39, 0.29) is 24.7 Å². The molecule has 0 aromatic rings.